The van der Waals surface area contributed by atoms with Crippen molar-refractivity contribution in [1.82, 2.24) is 14.9 Å². The number of carbonyl (C=O) groups is 2. The molecule has 2 saturated heterocycles. The molecule has 0 saturated carbocycles. The zero-order valence-corrected chi connectivity index (χ0v) is 17.3. The third kappa shape index (κ3) is 5.77. The van der Waals surface area contributed by atoms with Crippen LogP contribution in [0.1, 0.15) is 38.5 Å². The summed E-state index contributed by atoms with van der Waals surface area (Å²) in [5.74, 6) is -1.38. The zero-order chi connectivity index (χ0) is 20.7. The predicted octanol–water partition coefficient (Wildman–Crippen LogP) is 1.03. The first-order valence-corrected chi connectivity index (χ1v) is 11.7. The van der Waals surface area contributed by atoms with Gasteiger partial charge in [-0.25, -0.2) is 8.42 Å². The maximum absolute atomic E-state index is 13.0. The van der Waals surface area contributed by atoms with Gasteiger partial charge >= 0.3 is 11.8 Å². The maximum Gasteiger partial charge on any atom is 0.309 e. The third-order valence-corrected chi connectivity index (χ3v) is 7.37. The molecule has 0 unspecified atom stereocenters. The Morgan fingerprint density at radius 2 is 1.79 bits per heavy atom. The second kappa shape index (κ2) is 10.2. The Balaban J connectivity index is 1.49. The molecule has 8 nitrogen and oxygen atoms in total. The van der Waals surface area contributed by atoms with Crippen molar-refractivity contribution in [3.63, 3.8) is 0 Å². The number of amides is 2. The van der Waals surface area contributed by atoms with E-state index in [0.717, 1.165) is 32.1 Å². The van der Waals surface area contributed by atoms with E-state index in [0.29, 0.717) is 26.1 Å². The van der Waals surface area contributed by atoms with Crippen molar-refractivity contribution in [2.75, 3.05) is 26.2 Å². The molecule has 0 spiro atoms. The van der Waals surface area contributed by atoms with E-state index in [9.17, 15) is 18.0 Å². The number of ether oxygens (including phenoxy) is 1. The average molecular weight is 424 g/mol. The molecule has 1 aromatic carbocycles. The molecule has 2 N–H and O–H groups in total. The topological polar surface area (TPSA) is 105 Å². The SMILES string of the molecule is O=C(NCC[C@H]1CCCCN1S(=O)(=O)c1ccccc1)C(=O)NC[C@H]1CCCO1. The van der Waals surface area contributed by atoms with Crippen LogP contribution in [0.5, 0.6) is 0 Å². The molecule has 2 aliphatic rings. The average Bonchev–Trinajstić information content (AvgIpc) is 3.26. The van der Waals surface area contributed by atoms with Crippen LogP contribution in [0, 0.1) is 0 Å². The number of rotatable bonds is 7. The van der Waals surface area contributed by atoms with Crippen LogP contribution in [0.2, 0.25) is 0 Å². The van der Waals surface area contributed by atoms with Crippen LogP contribution in [0.4, 0.5) is 0 Å². The number of carbonyl (C=O) groups excluding carboxylic acids is 2. The quantitative estimate of drug-likeness (QED) is 0.638. The number of hydrogen-bond acceptors (Lipinski definition) is 5. The molecule has 29 heavy (non-hydrogen) atoms. The maximum atomic E-state index is 13.0. The van der Waals surface area contributed by atoms with E-state index < -0.39 is 21.8 Å². The summed E-state index contributed by atoms with van der Waals surface area (Å²) < 4.78 is 32.9. The van der Waals surface area contributed by atoms with Crippen LogP contribution in [-0.4, -0.2) is 62.9 Å². The lowest BCUT2D eigenvalue weighted by Crippen LogP contribution is -2.46. The van der Waals surface area contributed by atoms with Gasteiger partial charge < -0.3 is 15.4 Å². The summed E-state index contributed by atoms with van der Waals surface area (Å²) in [6.07, 6.45) is 4.81. The molecule has 160 valence electrons. The van der Waals surface area contributed by atoms with E-state index in [2.05, 4.69) is 10.6 Å². The lowest BCUT2D eigenvalue weighted by molar-refractivity contribution is -0.139. The highest BCUT2D eigenvalue weighted by molar-refractivity contribution is 7.89. The molecule has 0 radical (unpaired) electrons. The highest BCUT2D eigenvalue weighted by Crippen LogP contribution is 2.26. The summed E-state index contributed by atoms with van der Waals surface area (Å²) in [7, 11) is -3.57. The van der Waals surface area contributed by atoms with Gasteiger partial charge in [0.1, 0.15) is 0 Å². The van der Waals surface area contributed by atoms with E-state index in [-0.39, 0.29) is 23.6 Å². The normalized spacial score (nSPS) is 22.9. The summed E-state index contributed by atoms with van der Waals surface area (Å²) in [6.45, 7) is 1.74. The molecule has 2 aliphatic heterocycles. The first kappa shape index (κ1) is 21.7. The van der Waals surface area contributed by atoms with Gasteiger partial charge in [-0.2, -0.15) is 4.31 Å². The highest BCUT2D eigenvalue weighted by Gasteiger charge is 2.33. The highest BCUT2D eigenvalue weighted by atomic mass is 32.2. The van der Waals surface area contributed by atoms with Crippen LogP contribution in [0.15, 0.2) is 35.2 Å². The molecule has 9 heteroatoms. The Morgan fingerprint density at radius 3 is 2.52 bits per heavy atom. The van der Waals surface area contributed by atoms with E-state index >= 15 is 0 Å². The number of piperidine rings is 1. The van der Waals surface area contributed by atoms with Gasteiger partial charge in [0.25, 0.3) is 0 Å². The fourth-order valence-corrected chi connectivity index (χ4v) is 5.58. The number of hydrogen-bond donors (Lipinski definition) is 2. The Morgan fingerprint density at radius 1 is 1.03 bits per heavy atom. The third-order valence-electron chi connectivity index (χ3n) is 5.41. The molecule has 3 rings (SSSR count). The van der Waals surface area contributed by atoms with Gasteiger partial charge in [-0.05, 0) is 44.2 Å². The summed E-state index contributed by atoms with van der Waals surface area (Å²) >= 11 is 0. The van der Waals surface area contributed by atoms with Crippen molar-refractivity contribution in [1.29, 1.82) is 0 Å². The van der Waals surface area contributed by atoms with Crippen LogP contribution in [0.3, 0.4) is 0 Å². The van der Waals surface area contributed by atoms with E-state index in [1.54, 1.807) is 30.3 Å². The smallest absolute Gasteiger partial charge is 0.309 e. The van der Waals surface area contributed by atoms with Crippen LogP contribution < -0.4 is 10.6 Å². The standard InChI is InChI=1S/C20H29N3O5S/c24-19(20(25)22-15-17-8-6-14-28-17)21-12-11-16-7-4-5-13-23(16)29(26,27)18-9-2-1-3-10-18/h1-3,9-10,16-17H,4-8,11-15H2,(H,21,24)(H,22,25)/t16-,17-/m1/s1. The minimum atomic E-state index is -3.57. The fraction of sp³-hybridized carbons (Fsp3) is 0.600. The predicted molar refractivity (Wildman–Crippen MR) is 108 cm³/mol. The molecule has 0 aliphatic carbocycles. The summed E-state index contributed by atoms with van der Waals surface area (Å²) in [5.41, 5.74) is 0. The van der Waals surface area contributed by atoms with Gasteiger partial charge in [0.2, 0.25) is 10.0 Å². The van der Waals surface area contributed by atoms with Gasteiger partial charge in [0, 0.05) is 32.3 Å². The molecule has 2 atom stereocenters. The van der Waals surface area contributed by atoms with Crippen LogP contribution >= 0.6 is 0 Å². The lowest BCUT2D eigenvalue weighted by atomic mass is 10.0. The number of benzene rings is 1. The van der Waals surface area contributed by atoms with Gasteiger partial charge in [-0.1, -0.05) is 24.6 Å². The molecule has 1 aromatic rings. The van der Waals surface area contributed by atoms with Crippen molar-refractivity contribution in [2.45, 2.75) is 55.6 Å². The Kier molecular flexibility index (Phi) is 7.63. The minimum absolute atomic E-state index is 0.0225. The minimum Gasteiger partial charge on any atom is -0.376 e. The molecule has 2 amide bonds. The molecule has 0 bridgehead atoms. The number of nitrogens with zero attached hydrogens (tertiary/aromatic N) is 1. The fourth-order valence-electron chi connectivity index (χ4n) is 3.83. The van der Waals surface area contributed by atoms with Crippen LogP contribution in [-0.2, 0) is 24.3 Å². The second-order valence-corrected chi connectivity index (χ2v) is 9.36. The van der Waals surface area contributed by atoms with Crippen molar-refractivity contribution < 1.29 is 22.7 Å². The lowest BCUT2D eigenvalue weighted by Gasteiger charge is -2.34. The van der Waals surface area contributed by atoms with Crippen molar-refractivity contribution in [2.24, 2.45) is 0 Å². The van der Waals surface area contributed by atoms with E-state index in [1.165, 1.54) is 4.31 Å². The Bertz CT molecular complexity index is 794. The van der Waals surface area contributed by atoms with E-state index in [4.69, 9.17) is 4.74 Å². The van der Waals surface area contributed by atoms with Crippen molar-refractivity contribution >= 4 is 21.8 Å². The largest absolute Gasteiger partial charge is 0.376 e. The van der Waals surface area contributed by atoms with E-state index in [1.807, 2.05) is 0 Å². The van der Waals surface area contributed by atoms with Gasteiger partial charge in [-0.3, -0.25) is 9.59 Å². The second-order valence-electron chi connectivity index (χ2n) is 7.47. The zero-order valence-electron chi connectivity index (χ0n) is 16.5. The monoisotopic (exact) mass is 423 g/mol. The van der Waals surface area contributed by atoms with Gasteiger partial charge in [0.05, 0.1) is 11.0 Å². The van der Waals surface area contributed by atoms with Gasteiger partial charge in [0.15, 0.2) is 0 Å². The van der Waals surface area contributed by atoms with Crippen molar-refractivity contribution in [3.05, 3.63) is 30.3 Å². The Labute approximate surface area is 172 Å². The summed E-state index contributed by atoms with van der Waals surface area (Å²) in [6, 6.07) is 8.21. The number of nitrogens with one attached hydrogen (secondary N) is 2. The molecule has 2 fully saturated rings. The van der Waals surface area contributed by atoms with Crippen LogP contribution in [0.25, 0.3) is 0 Å². The van der Waals surface area contributed by atoms with Crippen molar-refractivity contribution in [3.8, 4) is 0 Å². The molecule has 2 heterocycles. The van der Waals surface area contributed by atoms with Gasteiger partial charge in [-0.15, -0.1) is 0 Å². The Hall–Kier alpha value is -1.97. The first-order chi connectivity index (χ1) is 14.0. The number of sulfonamides is 1. The summed E-state index contributed by atoms with van der Waals surface area (Å²) in [4.78, 5) is 24.2. The molecular weight excluding hydrogens is 394 g/mol. The molecule has 0 aromatic heterocycles. The molecular formula is C20H29N3O5S. The first-order valence-electron chi connectivity index (χ1n) is 10.2. The summed E-state index contributed by atoms with van der Waals surface area (Å²) in [5, 5.41) is 5.19.